The van der Waals surface area contributed by atoms with Crippen molar-refractivity contribution in [1.29, 1.82) is 0 Å². The fourth-order valence-corrected chi connectivity index (χ4v) is 6.98. The van der Waals surface area contributed by atoms with Gasteiger partial charge in [-0.3, -0.25) is 14.5 Å². The molecule has 1 aromatic carbocycles. The van der Waals surface area contributed by atoms with Gasteiger partial charge in [-0.05, 0) is 56.0 Å². The number of hydrogen-bond acceptors (Lipinski definition) is 8. The number of nitrogens with zero attached hydrogens (tertiary/aromatic N) is 6. The zero-order valence-corrected chi connectivity index (χ0v) is 26.4. The monoisotopic (exact) mass is 628 g/mol. The number of morpholine rings is 1. The van der Waals surface area contributed by atoms with Gasteiger partial charge in [0.25, 0.3) is 0 Å². The Hall–Kier alpha value is -4.78. The van der Waals surface area contributed by atoms with Crippen LogP contribution in [0.4, 0.5) is 4.79 Å². The molecule has 0 spiro atoms. The van der Waals surface area contributed by atoms with Crippen LogP contribution in [0.5, 0.6) is 0 Å². The Morgan fingerprint density at radius 1 is 1.13 bits per heavy atom. The molecule has 240 valence electrons. The third-order valence-electron chi connectivity index (χ3n) is 9.25. The van der Waals surface area contributed by atoms with Gasteiger partial charge in [-0.1, -0.05) is 13.8 Å². The molecule has 5 heterocycles. The second-order valence-corrected chi connectivity index (χ2v) is 14.0. The van der Waals surface area contributed by atoms with Crippen LogP contribution in [0.2, 0.25) is 0 Å². The quantitative estimate of drug-likeness (QED) is 0.248. The van der Waals surface area contributed by atoms with E-state index in [0.717, 1.165) is 16.5 Å². The zero-order valence-electron chi connectivity index (χ0n) is 26.4. The Morgan fingerprint density at radius 3 is 2.57 bits per heavy atom. The van der Waals surface area contributed by atoms with Gasteiger partial charge in [0.1, 0.15) is 11.9 Å². The van der Waals surface area contributed by atoms with E-state index in [1.54, 1.807) is 22.8 Å². The number of fused-ring (bicyclic) bond motifs is 3. The number of piperidine rings is 1. The smallest absolute Gasteiger partial charge is 0.407 e. The van der Waals surface area contributed by atoms with Crippen LogP contribution in [0.3, 0.4) is 0 Å². The summed E-state index contributed by atoms with van der Waals surface area (Å²) >= 11 is 0. The number of rotatable bonds is 6. The second-order valence-electron chi connectivity index (χ2n) is 14.0. The van der Waals surface area contributed by atoms with Gasteiger partial charge in [-0.2, -0.15) is 5.10 Å². The Balaban J connectivity index is 1.29. The van der Waals surface area contributed by atoms with Crippen LogP contribution in [0.1, 0.15) is 50.5 Å². The molecule has 1 N–H and O–H groups in total. The topological polar surface area (TPSA) is 149 Å². The van der Waals surface area contributed by atoms with Gasteiger partial charge in [0.2, 0.25) is 11.8 Å². The summed E-state index contributed by atoms with van der Waals surface area (Å²) in [4.78, 5) is 58.3. The number of benzene rings is 1. The Labute approximate surface area is 264 Å². The summed E-state index contributed by atoms with van der Waals surface area (Å²) in [5.41, 5.74) is 2.66. The number of carboxylic acid groups (broad SMARTS) is 1. The summed E-state index contributed by atoms with van der Waals surface area (Å²) < 4.78 is 15.3. The molecular weight excluding hydrogens is 592 g/mol. The third-order valence-corrected chi connectivity index (χ3v) is 9.25. The maximum Gasteiger partial charge on any atom is 0.407 e. The molecule has 3 atom stereocenters. The molecule has 46 heavy (non-hydrogen) atoms. The van der Waals surface area contributed by atoms with Crippen molar-refractivity contribution in [1.82, 2.24) is 29.0 Å². The maximum absolute atomic E-state index is 13.3. The van der Waals surface area contributed by atoms with Crippen molar-refractivity contribution < 1.29 is 33.8 Å². The van der Waals surface area contributed by atoms with Crippen molar-refractivity contribution in [3.05, 3.63) is 54.1 Å². The van der Waals surface area contributed by atoms with E-state index in [-0.39, 0.29) is 48.3 Å². The minimum absolute atomic E-state index is 0.131. The molecule has 2 saturated heterocycles. The van der Waals surface area contributed by atoms with Gasteiger partial charge in [0.05, 0.1) is 66.5 Å². The molecule has 3 aliphatic rings. The number of carbonyl (C=O) groups excluding carboxylic acids is 3. The number of carbonyl (C=O) groups is 4. The van der Waals surface area contributed by atoms with Crippen molar-refractivity contribution in [2.75, 3.05) is 19.7 Å². The summed E-state index contributed by atoms with van der Waals surface area (Å²) in [6.45, 7) is 10.7. The van der Waals surface area contributed by atoms with Crippen LogP contribution in [0.25, 0.3) is 27.7 Å². The Kier molecular flexibility index (Phi) is 6.74. The number of likely N-dealkylation sites (tertiary alicyclic amines) is 1. The third kappa shape index (κ3) is 4.98. The molecule has 13 nitrogen and oxygen atoms in total. The van der Waals surface area contributed by atoms with Gasteiger partial charge < -0.3 is 24.0 Å². The van der Waals surface area contributed by atoms with Crippen LogP contribution in [0, 0.1) is 17.3 Å². The average molecular weight is 629 g/mol. The minimum Gasteiger partial charge on any atom is -0.465 e. The van der Waals surface area contributed by atoms with Crippen molar-refractivity contribution in [3.63, 3.8) is 0 Å². The van der Waals surface area contributed by atoms with Gasteiger partial charge in [-0.25, -0.2) is 19.1 Å². The lowest BCUT2D eigenvalue weighted by atomic mass is 10.0. The molecule has 2 unspecified atom stereocenters. The van der Waals surface area contributed by atoms with E-state index >= 15 is 0 Å². The van der Waals surface area contributed by atoms with Crippen molar-refractivity contribution in [2.24, 2.45) is 17.3 Å². The van der Waals surface area contributed by atoms with Crippen LogP contribution in [-0.2, 0) is 32.2 Å². The zero-order chi connectivity index (χ0) is 32.7. The highest BCUT2D eigenvalue weighted by Gasteiger charge is 2.72. The Bertz CT molecular complexity index is 1910. The summed E-state index contributed by atoms with van der Waals surface area (Å²) in [7, 11) is 0. The molecule has 1 aliphatic carbocycles. The largest absolute Gasteiger partial charge is 0.465 e. The molecule has 0 radical (unpaired) electrons. The molecule has 3 aromatic heterocycles. The van der Waals surface area contributed by atoms with Crippen molar-refractivity contribution in [2.45, 2.75) is 59.4 Å². The van der Waals surface area contributed by atoms with Gasteiger partial charge in [0, 0.05) is 29.9 Å². The standard InChI is InChI=1S/C33H36N6O7/c1-32(2,3)46-30(42)20-11-19-6-7-36(15-21-16-37(31(43)44)8-9-45-21)27(19)22(12-20)26-23-10-18(14-39(23)35-17-34-26)13-38-28(40)24-25(29(38)41)33(24,4)5/h6-7,10-12,14,17,21,24-25H,8-9,13,15-16H2,1-5H3,(H,43,44)/t21-,24?,25?/m1/s1. The molecule has 1 saturated carbocycles. The first-order chi connectivity index (χ1) is 21.7. The molecule has 4 aromatic rings. The minimum atomic E-state index is -0.987. The summed E-state index contributed by atoms with van der Waals surface area (Å²) in [6.07, 6.45) is 3.72. The molecule has 7 rings (SSSR count). The first-order valence-corrected chi connectivity index (χ1v) is 15.4. The van der Waals surface area contributed by atoms with Crippen LogP contribution in [0.15, 0.2) is 43.0 Å². The molecule has 0 bridgehead atoms. The van der Waals surface area contributed by atoms with E-state index in [9.17, 15) is 24.3 Å². The highest BCUT2D eigenvalue weighted by molar-refractivity contribution is 6.10. The van der Waals surface area contributed by atoms with Crippen LogP contribution < -0.4 is 0 Å². The van der Waals surface area contributed by atoms with E-state index in [2.05, 4.69) is 10.1 Å². The van der Waals surface area contributed by atoms with Crippen molar-refractivity contribution in [3.8, 4) is 11.3 Å². The number of esters is 1. The first-order valence-electron chi connectivity index (χ1n) is 15.4. The highest BCUT2D eigenvalue weighted by atomic mass is 16.6. The number of ether oxygens (including phenoxy) is 2. The van der Waals surface area contributed by atoms with E-state index < -0.39 is 17.7 Å². The first kappa shape index (κ1) is 29.9. The van der Waals surface area contributed by atoms with E-state index in [1.807, 2.05) is 57.5 Å². The fraction of sp³-hybridized carbons (Fsp3) is 0.455. The predicted octanol–water partition coefficient (Wildman–Crippen LogP) is 3.83. The molecule has 13 heteroatoms. The molecule has 3 fully saturated rings. The lowest BCUT2D eigenvalue weighted by Crippen LogP contribution is -2.46. The normalized spacial score (nSPS) is 22.5. The SMILES string of the molecule is CC(C)(C)OC(=O)c1cc(-c2ncnn3cc(CN4C(=O)C5C(C4=O)C5(C)C)cc23)c2c(ccn2C[C@@H]2CN(C(=O)O)CCO2)c1. The summed E-state index contributed by atoms with van der Waals surface area (Å²) in [5.74, 6) is -1.29. The van der Waals surface area contributed by atoms with E-state index in [0.29, 0.717) is 42.0 Å². The van der Waals surface area contributed by atoms with Crippen LogP contribution >= 0.6 is 0 Å². The lowest BCUT2D eigenvalue weighted by molar-refractivity contribution is -0.143. The lowest BCUT2D eigenvalue weighted by Gasteiger charge is -2.31. The summed E-state index contributed by atoms with van der Waals surface area (Å²) in [5, 5.41) is 14.7. The number of hydrogen-bond donors (Lipinski definition) is 1. The molecular formula is C33H36N6O7. The average Bonchev–Trinajstić information content (AvgIpc) is 3.33. The number of imide groups is 1. The fourth-order valence-electron chi connectivity index (χ4n) is 6.98. The summed E-state index contributed by atoms with van der Waals surface area (Å²) in [6, 6.07) is 7.27. The van der Waals surface area contributed by atoms with Crippen molar-refractivity contribution >= 4 is 40.3 Å². The van der Waals surface area contributed by atoms with Gasteiger partial charge >= 0.3 is 12.1 Å². The molecule has 3 amide bonds. The van der Waals surface area contributed by atoms with E-state index in [1.165, 1.54) is 16.1 Å². The maximum atomic E-state index is 13.3. The van der Waals surface area contributed by atoms with E-state index in [4.69, 9.17) is 9.47 Å². The Morgan fingerprint density at radius 2 is 1.87 bits per heavy atom. The van der Waals surface area contributed by atoms with Gasteiger partial charge in [0.15, 0.2) is 0 Å². The van der Waals surface area contributed by atoms with Gasteiger partial charge in [-0.15, -0.1) is 0 Å². The number of amides is 3. The van der Waals surface area contributed by atoms with Crippen LogP contribution in [-0.4, -0.2) is 89.3 Å². The number of aromatic nitrogens is 4. The second kappa shape index (κ2) is 10.4. The predicted molar refractivity (Wildman–Crippen MR) is 165 cm³/mol. The highest BCUT2D eigenvalue weighted by Crippen LogP contribution is 2.63. The molecule has 2 aliphatic heterocycles.